The molecule has 1 N–H and O–H groups in total. The lowest BCUT2D eigenvalue weighted by Crippen LogP contribution is -2.14. The van der Waals surface area contributed by atoms with Crippen LogP contribution in [0.4, 0.5) is 0 Å². The fraction of sp³-hybridized carbons (Fsp3) is 0.667. The Balaban J connectivity index is 4.47. The van der Waals surface area contributed by atoms with E-state index < -0.39 is 0 Å². The van der Waals surface area contributed by atoms with Crippen molar-refractivity contribution in [3.05, 3.63) is 10.6 Å². The lowest BCUT2D eigenvalue weighted by molar-refractivity contribution is -0.115. The second-order valence-corrected chi connectivity index (χ2v) is 5.37. The molecule has 0 aromatic heterocycles. The summed E-state index contributed by atoms with van der Waals surface area (Å²) in [6, 6.07) is 0. The third kappa shape index (κ3) is 4.93. The van der Waals surface area contributed by atoms with Crippen molar-refractivity contribution in [2.24, 2.45) is 0 Å². The van der Waals surface area contributed by atoms with Gasteiger partial charge in [-0.05, 0) is 6.92 Å². The summed E-state index contributed by atoms with van der Waals surface area (Å²) in [7, 11) is 5.07. The average Bonchev–Trinajstić information content (AvgIpc) is 2.22. The average molecular weight is 235 g/mol. The highest BCUT2D eigenvalue weighted by Crippen LogP contribution is 2.34. The summed E-state index contributed by atoms with van der Waals surface area (Å²) in [5.74, 6) is 1.01. The van der Waals surface area contributed by atoms with Gasteiger partial charge in [0.05, 0.1) is 0 Å². The molecule has 0 saturated heterocycles. The van der Waals surface area contributed by atoms with Crippen molar-refractivity contribution in [1.29, 1.82) is 0 Å². The highest BCUT2D eigenvalue weighted by atomic mass is 33.1. The lowest BCUT2D eigenvalue weighted by Gasteiger charge is -2.16. The van der Waals surface area contributed by atoms with Crippen LogP contribution in [0.2, 0.25) is 0 Å². The molecular weight excluding hydrogens is 218 g/mol. The van der Waals surface area contributed by atoms with Crippen LogP contribution >= 0.6 is 21.6 Å². The van der Waals surface area contributed by atoms with Gasteiger partial charge in [0, 0.05) is 36.4 Å². The maximum absolute atomic E-state index is 10.5. The van der Waals surface area contributed by atoms with Gasteiger partial charge in [-0.3, -0.25) is 4.79 Å². The molecule has 3 nitrogen and oxygen atoms in total. The molecule has 0 rings (SSSR count). The van der Waals surface area contributed by atoms with E-state index in [1.807, 2.05) is 6.92 Å². The Kier molecular flexibility index (Phi) is 8.12. The third-order valence-corrected chi connectivity index (χ3v) is 4.43. The minimum atomic E-state index is 0.122. The van der Waals surface area contributed by atoms with E-state index in [-0.39, 0.29) is 6.61 Å². The third-order valence-electron chi connectivity index (χ3n) is 1.71. The summed E-state index contributed by atoms with van der Waals surface area (Å²) in [5.41, 5.74) is 0.917. The van der Waals surface area contributed by atoms with Crippen LogP contribution < -0.4 is 0 Å². The predicted octanol–water partition coefficient (Wildman–Crippen LogP) is 2.09. The maximum atomic E-state index is 10.5. The van der Waals surface area contributed by atoms with Crippen LogP contribution in [0.5, 0.6) is 0 Å². The molecule has 0 aromatic rings. The summed E-state index contributed by atoms with van der Waals surface area (Å²) in [6.07, 6.45) is 1.39. The van der Waals surface area contributed by atoms with E-state index >= 15 is 0 Å². The molecule has 0 aromatic carbocycles. The van der Waals surface area contributed by atoms with E-state index in [4.69, 9.17) is 5.11 Å². The molecular formula is C9H17NO2S2. The van der Waals surface area contributed by atoms with Gasteiger partial charge in [-0.1, -0.05) is 28.5 Å². The number of carbonyl (C=O) groups is 1. The van der Waals surface area contributed by atoms with Crippen molar-refractivity contribution in [2.45, 2.75) is 20.3 Å². The zero-order chi connectivity index (χ0) is 11.0. The van der Waals surface area contributed by atoms with Gasteiger partial charge in [0.15, 0.2) is 0 Å². The summed E-state index contributed by atoms with van der Waals surface area (Å²) in [4.78, 5) is 13.1. The number of nitrogens with zero attached hydrogens (tertiary/aromatic N) is 1. The normalized spacial score (nSPS) is 12.3. The first-order valence-corrected chi connectivity index (χ1v) is 6.77. The van der Waals surface area contributed by atoms with E-state index in [0.717, 1.165) is 22.8 Å². The number of aliphatic hydroxyl groups excluding tert-OH is 1. The molecule has 0 spiro atoms. The Hall–Kier alpha value is -0.130. The lowest BCUT2D eigenvalue weighted by atomic mass is 10.3. The fourth-order valence-electron chi connectivity index (χ4n) is 0.790. The minimum absolute atomic E-state index is 0.122. The van der Waals surface area contributed by atoms with Crippen molar-refractivity contribution < 1.29 is 9.90 Å². The van der Waals surface area contributed by atoms with E-state index in [0.29, 0.717) is 6.42 Å². The van der Waals surface area contributed by atoms with Gasteiger partial charge in [-0.25, -0.2) is 0 Å². The molecule has 82 valence electrons. The van der Waals surface area contributed by atoms with Gasteiger partial charge in [-0.2, -0.15) is 0 Å². The highest BCUT2D eigenvalue weighted by Gasteiger charge is 2.06. The number of aliphatic hydroxyl groups is 1. The molecule has 0 atom stereocenters. The summed E-state index contributed by atoms with van der Waals surface area (Å²) in [6.45, 7) is 4.09. The molecule has 0 fully saturated rings. The Labute approximate surface area is 93.3 Å². The van der Waals surface area contributed by atoms with Crippen LogP contribution in [0.25, 0.3) is 0 Å². The van der Waals surface area contributed by atoms with Crippen LogP contribution in [0.15, 0.2) is 10.6 Å². The minimum Gasteiger partial charge on any atom is -0.396 e. The molecule has 0 aliphatic rings. The molecule has 14 heavy (non-hydrogen) atoms. The molecule has 0 saturated carbocycles. The first kappa shape index (κ1) is 13.9. The van der Waals surface area contributed by atoms with Crippen LogP contribution in [-0.2, 0) is 4.79 Å². The quantitative estimate of drug-likeness (QED) is 0.542. The zero-order valence-corrected chi connectivity index (χ0v) is 10.5. The first-order chi connectivity index (χ1) is 6.67. The Morgan fingerprint density at radius 2 is 2.21 bits per heavy atom. The molecule has 0 radical (unpaired) electrons. The second-order valence-electron chi connectivity index (χ2n) is 2.69. The van der Waals surface area contributed by atoms with Gasteiger partial charge in [0.1, 0.15) is 0 Å². The molecule has 0 heterocycles. The largest absolute Gasteiger partial charge is 0.396 e. The standard InChI is InChI=1S/C9H17NO2S2/c1-4-13-14-9(5-6-11)8(2)10(3)7-12/h7,11H,4-6H2,1-3H3. The van der Waals surface area contributed by atoms with E-state index in [1.165, 1.54) is 4.90 Å². The van der Waals surface area contributed by atoms with Crippen molar-refractivity contribution in [1.82, 2.24) is 4.90 Å². The molecule has 1 amide bonds. The smallest absolute Gasteiger partial charge is 0.213 e. The number of carbonyl (C=O) groups excluding carboxylic acids is 1. The van der Waals surface area contributed by atoms with Gasteiger partial charge in [0.2, 0.25) is 6.41 Å². The summed E-state index contributed by atoms with van der Waals surface area (Å²) in [5, 5.41) is 8.88. The fourth-order valence-corrected chi connectivity index (χ4v) is 2.88. The first-order valence-electron chi connectivity index (χ1n) is 4.45. The van der Waals surface area contributed by atoms with Gasteiger partial charge < -0.3 is 10.0 Å². The van der Waals surface area contributed by atoms with Crippen LogP contribution in [-0.4, -0.2) is 35.8 Å². The number of allylic oxidation sites excluding steroid dienone is 1. The SMILES string of the molecule is CCSSC(CCO)=C(C)N(C)C=O. The van der Waals surface area contributed by atoms with Crippen molar-refractivity contribution in [3.63, 3.8) is 0 Å². The highest BCUT2D eigenvalue weighted by molar-refractivity contribution is 8.78. The monoisotopic (exact) mass is 235 g/mol. The van der Waals surface area contributed by atoms with Crippen LogP contribution in [0.3, 0.4) is 0 Å². The van der Waals surface area contributed by atoms with Crippen molar-refractivity contribution >= 4 is 28.0 Å². The van der Waals surface area contributed by atoms with Gasteiger partial charge >= 0.3 is 0 Å². The van der Waals surface area contributed by atoms with Crippen molar-refractivity contribution in [3.8, 4) is 0 Å². The van der Waals surface area contributed by atoms with Gasteiger partial charge in [0.25, 0.3) is 0 Å². The molecule has 0 bridgehead atoms. The number of rotatable bonds is 7. The zero-order valence-electron chi connectivity index (χ0n) is 8.82. The molecule has 0 aliphatic carbocycles. The topological polar surface area (TPSA) is 40.5 Å². The molecule has 5 heteroatoms. The van der Waals surface area contributed by atoms with Gasteiger partial charge in [-0.15, -0.1) is 0 Å². The van der Waals surface area contributed by atoms with Crippen LogP contribution in [0.1, 0.15) is 20.3 Å². The number of hydrogen-bond donors (Lipinski definition) is 1. The van der Waals surface area contributed by atoms with Crippen LogP contribution in [0, 0.1) is 0 Å². The molecule has 0 unspecified atom stereocenters. The Bertz CT molecular complexity index is 207. The summed E-state index contributed by atoms with van der Waals surface area (Å²) >= 11 is 0. The Morgan fingerprint density at radius 3 is 2.64 bits per heavy atom. The van der Waals surface area contributed by atoms with E-state index in [2.05, 4.69) is 6.92 Å². The number of amides is 1. The number of hydrogen-bond acceptors (Lipinski definition) is 4. The predicted molar refractivity (Wildman–Crippen MR) is 64.0 cm³/mol. The Morgan fingerprint density at radius 1 is 1.57 bits per heavy atom. The molecule has 0 aliphatic heterocycles. The van der Waals surface area contributed by atoms with E-state index in [9.17, 15) is 4.79 Å². The summed E-state index contributed by atoms with van der Waals surface area (Å²) < 4.78 is 0. The van der Waals surface area contributed by atoms with E-state index in [1.54, 1.807) is 28.6 Å². The maximum Gasteiger partial charge on any atom is 0.213 e. The second kappa shape index (κ2) is 8.20. The van der Waals surface area contributed by atoms with Crippen molar-refractivity contribution in [2.75, 3.05) is 19.4 Å².